The number of aliphatic hydroxyl groups excluding tert-OH is 2. The van der Waals surface area contributed by atoms with Crippen molar-refractivity contribution in [1.29, 1.82) is 0 Å². The highest BCUT2D eigenvalue weighted by molar-refractivity contribution is 5.78. The highest BCUT2D eigenvalue weighted by atomic mass is 16.3. The Morgan fingerprint density at radius 2 is 1.18 bits per heavy atom. The molecule has 0 atom stereocenters. The van der Waals surface area contributed by atoms with Gasteiger partial charge in [-0.3, -0.25) is 9.59 Å². The Hall–Kier alpha value is -1.14. The van der Waals surface area contributed by atoms with Crippen molar-refractivity contribution < 1.29 is 19.8 Å². The predicted octanol–water partition coefficient (Wildman–Crippen LogP) is -0.846. The third kappa shape index (κ3) is 11.1. The molecule has 2 amide bonds. The van der Waals surface area contributed by atoms with E-state index in [-0.39, 0.29) is 25.0 Å². The lowest BCUT2D eigenvalue weighted by molar-refractivity contribution is -0.122. The normalized spacial score (nSPS) is 10.0. The van der Waals surface area contributed by atoms with Gasteiger partial charge in [-0.05, 0) is 19.3 Å². The van der Waals surface area contributed by atoms with Gasteiger partial charge in [-0.15, -0.1) is 0 Å². The summed E-state index contributed by atoms with van der Waals surface area (Å²) in [6.45, 7) is 1.07. The van der Waals surface area contributed by atoms with Crippen molar-refractivity contribution in [3.05, 3.63) is 0 Å². The molecule has 0 aromatic rings. The van der Waals surface area contributed by atoms with Crippen molar-refractivity contribution in [2.45, 2.75) is 32.1 Å². The number of amides is 2. The third-order valence-corrected chi connectivity index (χ3v) is 2.12. The lowest BCUT2D eigenvalue weighted by Gasteiger charge is -2.05. The average Bonchev–Trinajstić information content (AvgIpc) is 2.30. The average molecular weight is 246 g/mol. The van der Waals surface area contributed by atoms with E-state index < -0.39 is 0 Å². The van der Waals surface area contributed by atoms with Gasteiger partial charge in [0.1, 0.15) is 0 Å². The molecule has 0 aromatic heterocycles. The van der Waals surface area contributed by atoms with Gasteiger partial charge in [0.15, 0.2) is 0 Å². The zero-order chi connectivity index (χ0) is 12.9. The monoisotopic (exact) mass is 246 g/mol. The molecule has 6 heteroatoms. The molecule has 0 rings (SSSR count). The molecular formula is C11H22N2O4. The highest BCUT2D eigenvalue weighted by Crippen LogP contribution is 1.95. The van der Waals surface area contributed by atoms with Gasteiger partial charge in [0.25, 0.3) is 0 Å². The smallest absolute Gasteiger partial charge is 0.220 e. The first-order chi connectivity index (χ1) is 8.20. The largest absolute Gasteiger partial charge is 0.396 e. The standard InChI is InChI=1S/C11H22N2O4/c14-8-2-6-12-10(16)4-1-5-11(17)13-7-3-9-15/h14-15H,1-9H2,(H,12,16)(H,13,17). The molecule has 4 N–H and O–H groups in total. The van der Waals surface area contributed by atoms with Crippen LogP contribution in [0.25, 0.3) is 0 Å². The molecule has 0 unspecified atom stereocenters. The second kappa shape index (κ2) is 11.3. The molecule has 0 aromatic carbocycles. The zero-order valence-corrected chi connectivity index (χ0v) is 10.1. The van der Waals surface area contributed by atoms with Gasteiger partial charge >= 0.3 is 0 Å². The second-order valence-corrected chi connectivity index (χ2v) is 3.71. The Morgan fingerprint density at radius 1 is 0.765 bits per heavy atom. The predicted molar refractivity (Wildman–Crippen MR) is 63.3 cm³/mol. The van der Waals surface area contributed by atoms with Gasteiger partial charge in [0, 0.05) is 39.1 Å². The number of rotatable bonds is 10. The van der Waals surface area contributed by atoms with E-state index in [9.17, 15) is 9.59 Å². The summed E-state index contributed by atoms with van der Waals surface area (Å²) < 4.78 is 0. The van der Waals surface area contributed by atoms with Crippen molar-refractivity contribution in [3.8, 4) is 0 Å². The first-order valence-corrected chi connectivity index (χ1v) is 5.95. The summed E-state index contributed by atoms with van der Waals surface area (Å²) in [5, 5.41) is 22.3. The molecule has 17 heavy (non-hydrogen) atoms. The van der Waals surface area contributed by atoms with Gasteiger partial charge in [-0.25, -0.2) is 0 Å². The van der Waals surface area contributed by atoms with Crippen molar-refractivity contribution >= 4 is 11.8 Å². The van der Waals surface area contributed by atoms with Crippen LogP contribution in [0, 0.1) is 0 Å². The Balaban J connectivity index is 3.36. The third-order valence-electron chi connectivity index (χ3n) is 2.12. The molecule has 0 bridgehead atoms. The van der Waals surface area contributed by atoms with Gasteiger partial charge in [0.2, 0.25) is 11.8 Å². The number of hydrogen-bond acceptors (Lipinski definition) is 4. The van der Waals surface area contributed by atoms with Crippen LogP contribution < -0.4 is 10.6 Å². The van der Waals surface area contributed by atoms with Crippen LogP contribution in [0.15, 0.2) is 0 Å². The molecule has 0 saturated carbocycles. The van der Waals surface area contributed by atoms with Gasteiger partial charge < -0.3 is 20.8 Å². The Kier molecular flexibility index (Phi) is 10.6. The first kappa shape index (κ1) is 15.9. The summed E-state index contributed by atoms with van der Waals surface area (Å²) in [6.07, 6.45) is 2.24. The van der Waals surface area contributed by atoms with Gasteiger partial charge in [0.05, 0.1) is 0 Å². The fourth-order valence-electron chi connectivity index (χ4n) is 1.20. The molecule has 0 saturated heterocycles. The lowest BCUT2D eigenvalue weighted by Crippen LogP contribution is -2.27. The van der Waals surface area contributed by atoms with Crippen LogP contribution in [0.1, 0.15) is 32.1 Å². The van der Waals surface area contributed by atoms with Crippen LogP contribution in [-0.2, 0) is 9.59 Å². The molecule has 0 aliphatic carbocycles. The SMILES string of the molecule is O=C(CCCC(=O)NCCCO)NCCCO. The molecule has 0 radical (unpaired) electrons. The second-order valence-electron chi connectivity index (χ2n) is 3.71. The van der Waals surface area contributed by atoms with Crippen LogP contribution in [0.4, 0.5) is 0 Å². The van der Waals surface area contributed by atoms with Crippen LogP contribution in [0.5, 0.6) is 0 Å². The van der Waals surface area contributed by atoms with E-state index in [4.69, 9.17) is 10.2 Å². The minimum absolute atomic E-state index is 0.0630. The number of aliphatic hydroxyl groups is 2. The van der Waals surface area contributed by atoms with E-state index >= 15 is 0 Å². The lowest BCUT2D eigenvalue weighted by atomic mass is 10.2. The maximum atomic E-state index is 11.2. The van der Waals surface area contributed by atoms with E-state index in [0.717, 1.165) is 0 Å². The first-order valence-electron chi connectivity index (χ1n) is 5.95. The number of nitrogens with one attached hydrogen (secondary N) is 2. The van der Waals surface area contributed by atoms with E-state index in [0.29, 0.717) is 45.2 Å². The maximum absolute atomic E-state index is 11.2. The summed E-state index contributed by atoms with van der Waals surface area (Å²) >= 11 is 0. The van der Waals surface area contributed by atoms with Crippen LogP contribution >= 0.6 is 0 Å². The van der Waals surface area contributed by atoms with Crippen molar-refractivity contribution in [2.24, 2.45) is 0 Å². The number of carbonyl (C=O) groups excluding carboxylic acids is 2. The molecule has 6 nitrogen and oxygen atoms in total. The molecular weight excluding hydrogens is 224 g/mol. The van der Waals surface area contributed by atoms with Crippen molar-refractivity contribution in [1.82, 2.24) is 10.6 Å². The topological polar surface area (TPSA) is 98.7 Å². The maximum Gasteiger partial charge on any atom is 0.220 e. The molecule has 100 valence electrons. The quantitative estimate of drug-likeness (QED) is 0.377. The van der Waals surface area contributed by atoms with Gasteiger partial charge in [-0.1, -0.05) is 0 Å². The summed E-state index contributed by atoms with van der Waals surface area (Å²) in [4.78, 5) is 22.4. The van der Waals surface area contributed by atoms with Crippen molar-refractivity contribution in [2.75, 3.05) is 26.3 Å². The molecule has 0 heterocycles. The molecule has 0 fully saturated rings. The molecule has 0 aliphatic heterocycles. The summed E-state index contributed by atoms with van der Waals surface area (Å²) in [6, 6.07) is 0. The number of carbonyl (C=O) groups is 2. The van der Waals surface area contributed by atoms with E-state index in [1.54, 1.807) is 0 Å². The fraction of sp³-hybridized carbons (Fsp3) is 0.818. The van der Waals surface area contributed by atoms with Gasteiger partial charge in [-0.2, -0.15) is 0 Å². The molecule has 0 spiro atoms. The minimum Gasteiger partial charge on any atom is -0.396 e. The fourth-order valence-corrected chi connectivity index (χ4v) is 1.20. The Morgan fingerprint density at radius 3 is 1.53 bits per heavy atom. The summed E-state index contributed by atoms with van der Waals surface area (Å²) in [7, 11) is 0. The summed E-state index contributed by atoms with van der Waals surface area (Å²) in [5.41, 5.74) is 0. The zero-order valence-electron chi connectivity index (χ0n) is 10.1. The van der Waals surface area contributed by atoms with Crippen LogP contribution in [0.2, 0.25) is 0 Å². The Labute approximate surface area is 101 Å². The number of hydrogen-bond donors (Lipinski definition) is 4. The van der Waals surface area contributed by atoms with Crippen LogP contribution in [-0.4, -0.2) is 48.3 Å². The van der Waals surface area contributed by atoms with E-state index in [1.807, 2.05) is 0 Å². The Bertz CT molecular complexity index is 200. The van der Waals surface area contributed by atoms with Crippen molar-refractivity contribution in [3.63, 3.8) is 0 Å². The summed E-state index contributed by atoms with van der Waals surface area (Å²) in [5.74, 6) is -0.191. The van der Waals surface area contributed by atoms with Crippen LogP contribution in [0.3, 0.4) is 0 Å². The highest BCUT2D eigenvalue weighted by Gasteiger charge is 2.04. The van der Waals surface area contributed by atoms with E-state index in [2.05, 4.69) is 10.6 Å². The minimum atomic E-state index is -0.0957. The van der Waals surface area contributed by atoms with E-state index in [1.165, 1.54) is 0 Å². The molecule has 0 aliphatic rings.